The molecule has 15 heavy (non-hydrogen) atoms. The molecule has 0 radical (unpaired) electrons. The van der Waals surface area contributed by atoms with Gasteiger partial charge in [-0.05, 0) is 30.7 Å². The highest BCUT2D eigenvalue weighted by Crippen LogP contribution is 2.12. The molecule has 5 heteroatoms. The number of H-pyrrole nitrogens is 1. The van der Waals surface area contributed by atoms with Gasteiger partial charge in [-0.3, -0.25) is 4.79 Å². The molecule has 0 unspecified atom stereocenters. The van der Waals surface area contributed by atoms with E-state index >= 15 is 0 Å². The van der Waals surface area contributed by atoms with E-state index < -0.39 is 0 Å². The number of nitrogens with one attached hydrogen (secondary N) is 1. The molecule has 0 atom stereocenters. The lowest BCUT2D eigenvalue weighted by molar-refractivity contribution is 0.103. The molecule has 0 spiro atoms. The van der Waals surface area contributed by atoms with E-state index in [-0.39, 0.29) is 17.3 Å². The minimum absolute atomic E-state index is 0.223. The van der Waals surface area contributed by atoms with Crippen molar-refractivity contribution in [3.63, 3.8) is 0 Å². The maximum atomic E-state index is 13.0. The number of hydrogen-bond acceptors (Lipinski definition) is 3. The molecule has 0 bridgehead atoms. The van der Waals surface area contributed by atoms with Gasteiger partial charge >= 0.3 is 0 Å². The van der Waals surface area contributed by atoms with Crippen molar-refractivity contribution in [2.24, 2.45) is 0 Å². The van der Waals surface area contributed by atoms with Crippen molar-refractivity contribution in [2.75, 3.05) is 0 Å². The summed E-state index contributed by atoms with van der Waals surface area (Å²) in [5, 5.41) is 9.55. The predicted octanol–water partition coefficient (Wildman–Crippen LogP) is 1.48. The van der Waals surface area contributed by atoms with Gasteiger partial charge in [-0.25, -0.2) is 4.39 Å². The van der Waals surface area contributed by atoms with Crippen LogP contribution in [-0.2, 0) is 0 Å². The average molecular weight is 205 g/mol. The molecule has 0 saturated heterocycles. The van der Waals surface area contributed by atoms with E-state index in [9.17, 15) is 9.18 Å². The number of hydrogen-bond donors (Lipinski definition) is 1. The Morgan fingerprint density at radius 1 is 1.47 bits per heavy atom. The van der Waals surface area contributed by atoms with Crippen LogP contribution in [0.1, 0.15) is 21.6 Å². The molecule has 0 amide bonds. The second kappa shape index (κ2) is 3.61. The van der Waals surface area contributed by atoms with Crippen molar-refractivity contribution < 1.29 is 9.18 Å². The van der Waals surface area contributed by atoms with Crippen LogP contribution in [0.2, 0.25) is 0 Å². The van der Waals surface area contributed by atoms with Crippen molar-refractivity contribution in [3.05, 3.63) is 47.0 Å². The molecule has 2 rings (SSSR count). The SMILES string of the molecule is Cc1cc(C(=O)c2cn[nH]n2)ccc1F. The lowest BCUT2D eigenvalue weighted by atomic mass is 10.1. The number of carbonyl (C=O) groups excluding carboxylic acids is 1. The van der Waals surface area contributed by atoms with Gasteiger partial charge in [-0.15, -0.1) is 0 Å². The summed E-state index contributed by atoms with van der Waals surface area (Å²) in [7, 11) is 0. The zero-order valence-electron chi connectivity index (χ0n) is 7.99. The summed E-state index contributed by atoms with van der Waals surface area (Å²) in [5.74, 6) is -0.599. The summed E-state index contributed by atoms with van der Waals surface area (Å²) < 4.78 is 13.0. The maximum absolute atomic E-state index is 13.0. The summed E-state index contributed by atoms with van der Waals surface area (Å²) in [5.41, 5.74) is 1.06. The zero-order valence-corrected chi connectivity index (χ0v) is 7.99. The van der Waals surface area contributed by atoms with E-state index in [0.717, 1.165) is 0 Å². The Hall–Kier alpha value is -2.04. The molecule has 2 aromatic rings. The van der Waals surface area contributed by atoms with Gasteiger partial charge in [-0.1, -0.05) is 0 Å². The van der Waals surface area contributed by atoms with Crippen LogP contribution in [0.15, 0.2) is 24.4 Å². The fraction of sp³-hybridized carbons (Fsp3) is 0.100. The van der Waals surface area contributed by atoms with Gasteiger partial charge in [0.25, 0.3) is 0 Å². The first kappa shape index (κ1) is 9.51. The molecule has 76 valence electrons. The minimum Gasteiger partial charge on any atom is -0.287 e. The summed E-state index contributed by atoms with van der Waals surface area (Å²) in [6.07, 6.45) is 1.33. The van der Waals surface area contributed by atoms with Crippen molar-refractivity contribution in [1.29, 1.82) is 0 Å². The van der Waals surface area contributed by atoms with Gasteiger partial charge in [0, 0.05) is 5.56 Å². The molecule has 0 saturated carbocycles. The predicted molar refractivity (Wildman–Crippen MR) is 51.0 cm³/mol. The Kier molecular flexibility index (Phi) is 2.29. The quantitative estimate of drug-likeness (QED) is 0.755. The van der Waals surface area contributed by atoms with Crippen molar-refractivity contribution in [1.82, 2.24) is 15.4 Å². The second-order valence-electron chi connectivity index (χ2n) is 3.15. The van der Waals surface area contributed by atoms with E-state index in [1.54, 1.807) is 6.92 Å². The minimum atomic E-state index is -0.327. The molecule has 4 nitrogen and oxygen atoms in total. The number of aromatic nitrogens is 3. The smallest absolute Gasteiger partial charge is 0.214 e. The van der Waals surface area contributed by atoms with Crippen molar-refractivity contribution in [3.8, 4) is 0 Å². The second-order valence-corrected chi connectivity index (χ2v) is 3.15. The van der Waals surface area contributed by atoms with Gasteiger partial charge < -0.3 is 0 Å². The summed E-state index contributed by atoms with van der Waals surface area (Å²) >= 11 is 0. The molecular formula is C10H8FN3O. The standard InChI is InChI=1S/C10H8FN3O/c1-6-4-7(2-3-8(6)11)10(15)9-5-12-14-13-9/h2-5H,1H3,(H,12,13,14). The molecule has 1 heterocycles. The first-order valence-corrected chi connectivity index (χ1v) is 4.35. The summed E-state index contributed by atoms with van der Waals surface area (Å²) in [4.78, 5) is 11.7. The van der Waals surface area contributed by atoms with Crippen LogP contribution in [0.4, 0.5) is 4.39 Å². The number of halogens is 1. The van der Waals surface area contributed by atoms with Gasteiger partial charge in [0.1, 0.15) is 5.82 Å². The maximum Gasteiger partial charge on any atom is 0.214 e. The van der Waals surface area contributed by atoms with Crippen molar-refractivity contribution in [2.45, 2.75) is 6.92 Å². The number of aromatic amines is 1. The first-order chi connectivity index (χ1) is 7.18. The molecule has 0 fully saturated rings. The monoisotopic (exact) mass is 205 g/mol. The van der Waals surface area contributed by atoms with E-state index in [4.69, 9.17) is 0 Å². The third-order valence-electron chi connectivity index (χ3n) is 2.07. The Balaban J connectivity index is 2.39. The Morgan fingerprint density at radius 2 is 2.27 bits per heavy atom. The van der Waals surface area contributed by atoms with Crippen LogP contribution in [0, 0.1) is 12.7 Å². The number of aryl methyl sites for hydroxylation is 1. The molecule has 0 aliphatic rings. The normalized spacial score (nSPS) is 10.3. The van der Waals surface area contributed by atoms with Gasteiger partial charge in [-0.2, -0.15) is 15.4 Å². The molecule has 1 aromatic carbocycles. The zero-order chi connectivity index (χ0) is 10.8. The van der Waals surface area contributed by atoms with Gasteiger partial charge in [0.05, 0.1) is 6.20 Å². The van der Waals surface area contributed by atoms with Crippen LogP contribution >= 0.6 is 0 Å². The Morgan fingerprint density at radius 3 is 2.87 bits per heavy atom. The molecular weight excluding hydrogens is 197 g/mol. The Labute approximate surface area is 85.1 Å². The van der Waals surface area contributed by atoms with E-state index in [2.05, 4.69) is 15.4 Å². The van der Waals surface area contributed by atoms with E-state index in [1.807, 2.05) is 0 Å². The van der Waals surface area contributed by atoms with E-state index in [0.29, 0.717) is 11.1 Å². The highest BCUT2D eigenvalue weighted by Gasteiger charge is 2.12. The van der Waals surface area contributed by atoms with Crippen molar-refractivity contribution >= 4 is 5.78 Å². The number of carbonyl (C=O) groups is 1. The van der Waals surface area contributed by atoms with Crippen LogP contribution in [0.25, 0.3) is 0 Å². The first-order valence-electron chi connectivity index (χ1n) is 4.35. The largest absolute Gasteiger partial charge is 0.287 e. The lowest BCUT2D eigenvalue weighted by Gasteiger charge is -1.99. The number of benzene rings is 1. The number of ketones is 1. The fourth-order valence-electron chi connectivity index (χ4n) is 1.24. The summed E-state index contributed by atoms with van der Waals surface area (Å²) in [6, 6.07) is 4.19. The van der Waals surface area contributed by atoms with E-state index in [1.165, 1.54) is 24.4 Å². The van der Waals surface area contributed by atoms with Crippen LogP contribution < -0.4 is 0 Å². The Bertz CT molecular complexity index is 493. The summed E-state index contributed by atoms with van der Waals surface area (Å²) in [6.45, 7) is 1.61. The topological polar surface area (TPSA) is 58.6 Å². The molecule has 1 N–H and O–H groups in total. The molecule has 1 aromatic heterocycles. The molecule has 0 aliphatic heterocycles. The van der Waals surface area contributed by atoms with Crippen LogP contribution in [0.5, 0.6) is 0 Å². The third-order valence-corrected chi connectivity index (χ3v) is 2.07. The van der Waals surface area contributed by atoms with Crippen LogP contribution in [0.3, 0.4) is 0 Å². The van der Waals surface area contributed by atoms with Gasteiger partial charge in [0.2, 0.25) is 5.78 Å². The van der Waals surface area contributed by atoms with Crippen LogP contribution in [-0.4, -0.2) is 21.2 Å². The molecule has 0 aliphatic carbocycles. The van der Waals surface area contributed by atoms with Gasteiger partial charge in [0.15, 0.2) is 5.69 Å². The lowest BCUT2D eigenvalue weighted by Crippen LogP contribution is -2.02. The third kappa shape index (κ3) is 1.76. The number of rotatable bonds is 2. The fourth-order valence-corrected chi connectivity index (χ4v) is 1.24. The highest BCUT2D eigenvalue weighted by atomic mass is 19.1. The number of nitrogens with zero attached hydrogens (tertiary/aromatic N) is 2. The average Bonchev–Trinajstić information content (AvgIpc) is 2.74. The highest BCUT2D eigenvalue weighted by molar-refractivity contribution is 6.07.